The minimum Gasteiger partial charge on any atom is -0.408 e. The molecule has 1 amide bonds. The first kappa shape index (κ1) is 16.3. The third-order valence-corrected chi connectivity index (χ3v) is 6.77. The number of nitrogens with zero attached hydrogens (tertiary/aromatic N) is 3. The van der Waals surface area contributed by atoms with E-state index in [0.717, 1.165) is 12.8 Å². The number of fused-ring (bicyclic) bond motifs is 1. The van der Waals surface area contributed by atoms with E-state index in [9.17, 15) is 18.0 Å². The summed E-state index contributed by atoms with van der Waals surface area (Å²) in [5.41, 5.74) is 0.792. The zero-order valence-electron chi connectivity index (χ0n) is 13.8. The Morgan fingerprint density at radius 3 is 2.48 bits per heavy atom. The van der Waals surface area contributed by atoms with Crippen LogP contribution in [0.25, 0.3) is 11.1 Å². The fourth-order valence-corrected chi connectivity index (χ4v) is 4.60. The standard InChI is InChI=1S/C16H19N3O5S/c1-17-13-10-12(4-5-14(13)24-16(17)21)25(22,23)19-8-6-18(7-9-19)15(20)11-2-3-11/h4-5,10-11H,2-3,6-9H2,1H3. The number of hydrogen-bond acceptors (Lipinski definition) is 5. The summed E-state index contributed by atoms with van der Waals surface area (Å²) in [5, 5.41) is 0. The average molecular weight is 365 g/mol. The van der Waals surface area contributed by atoms with Gasteiger partial charge in [0.25, 0.3) is 0 Å². The number of carbonyl (C=O) groups is 1. The number of carbonyl (C=O) groups excluding carboxylic acids is 1. The van der Waals surface area contributed by atoms with Crippen molar-refractivity contribution in [1.82, 2.24) is 13.8 Å². The molecule has 1 aliphatic carbocycles. The zero-order chi connectivity index (χ0) is 17.8. The second kappa shape index (κ2) is 5.70. The van der Waals surface area contributed by atoms with E-state index in [-0.39, 0.29) is 29.8 Å². The topological polar surface area (TPSA) is 92.8 Å². The molecule has 4 rings (SSSR count). The van der Waals surface area contributed by atoms with Crippen LogP contribution in [0.2, 0.25) is 0 Å². The lowest BCUT2D eigenvalue weighted by molar-refractivity contribution is -0.133. The number of amides is 1. The molecule has 1 saturated carbocycles. The summed E-state index contributed by atoms with van der Waals surface area (Å²) in [4.78, 5) is 25.5. The second-order valence-electron chi connectivity index (χ2n) is 6.56. The molecule has 2 fully saturated rings. The lowest BCUT2D eigenvalue weighted by Gasteiger charge is -2.34. The average Bonchev–Trinajstić information content (AvgIpc) is 3.42. The number of oxazole rings is 1. The van der Waals surface area contributed by atoms with Gasteiger partial charge in [0.1, 0.15) is 0 Å². The van der Waals surface area contributed by atoms with E-state index in [0.29, 0.717) is 24.2 Å². The van der Waals surface area contributed by atoms with Gasteiger partial charge in [0, 0.05) is 39.1 Å². The highest BCUT2D eigenvalue weighted by Crippen LogP contribution is 2.31. The van der Waals surface area contributed by atoms with Gasteiger partial charge in [-0.25, -0.2) is 13.2 Å². The van der Waals surface area contributed by atoms with E-state index in [1.807, 2.05) is 0 Å². The Hall–Kier alpha value is -2.13. The maximum absolute atomic E-state index is 12.9. The number of aryl methyl sites for hydroxylation is 1. The van der Waals surface area contributed by atoms with Crippen molar-refractivity contribution in [1.29, 1.82) is 0 Å². The van der Waals surface area contributed by atoms with E-state index >= 15 is 0 Å². The summed E-state index contributed by atoms with van der Waals surface area (Å²) in [7, 11) is -2.14. The van der Waals surface area contributed by atoms with Gasteiger partial charge in [-0.05, 0) is 31.0 Å². The van der Waals surface area contributed by atoms with Gasteiger partial charge in [-0.3, -0.25) is 9.36 Å². The van der Waals surface area contributed by atoms with Crippen LogP contribution in [0.3, 0.4) is 0 Å². The Bertz CT molecular complexity index is 994. The highest BCUT2D eigenvalue weighted by atomic mass is 32.2. The minimum absolute atomic E-state index is 0.123. The Morgan fingerprint density at radius 1 is 1.16 bits per heavy atom. The van der Waals surface area contributed by atoms with E-state index in [1.165, 1.54) is 34.1 Å². The third kappa shape index (κ3) is 2.77. The molecular formula is C16H19N3O5S. The van der Waals surface area contributed by atoms with Gasteiger partial charge >= 0.3 is 5.76 Å². The van der Waals surface area contributed by atoms with Crippen LogP contribution in [0.4, 0.5) is 0 Å². The van der Waals surface area contributed by atoms with Crippen molar-refractivity contribution < 1.29 is 17.6 Å². The molecule has 0 atom stereocenters. The quantitative estimate of drug-likeness (QED) is 0.784. The maximum Gasteiger partial charge on any atom is 0.419 e. The molecule has 1 aromatic carbocycles. The number of benzene rings is 1. The summed E-state index contributed by atoms with van der Waals surface area (Å²) in [6, 6.07) is 4.40. The van der Waals surface area contributed by atoms with Crippen molar-refractivity contribution >= 4 is 27.0 Å². The van der Waals surface area contributed by atoms with Crippen molar-refractivity contribution in [3.8, 4) is 0 Å². The van der Waals surface area contributed by atoms with Gasteiger partial charge in [0.05, 0.1) is 10.4 Å². The molecule has 25 heavy (non-hydrogen) atoms. The third-order valence-electron chi connectivity index (χ3n) is 4.88. The lowest BCUT2D eigenvalue weighted by atomic mass is 10.3. The Labute approximate surface area is 144 Å². The molecule has 1 aliphatic heterocycles. The van der Waals surface area contributed by atoms with Gasteiger partial charge in [-0.1, -0.05) is 0 Å². The Balaban J connectivity index is 1.56. The number of hydrogen-bond donors (Lipinski definition) is 0. The van der Waals surface area contributed by atoms with Crippen LogP contribution in [0.15, 0.2) is 32.3 Å². The van der Waals surface area contributed by atoms with Crippen LogP contribution in [0.5, 0.6) is 0 Å². The molecule has 0 radical (unpaired) electrons. The van der Waals surface area contributed by atoms with Crippen molar-refractivity contribution in [3.63, 3.8) is 0 Å². The van der Waals surface area contributed by atoms with Crippen molar-refractivity contribution in [2.75, 3.05) is 26.2 Å². The van der Waals surface area contributed by atoms with Crippen LogP contribution in [-0.2, 0) is 21.9 Å². The number of aromatic nitrogens is 1. The fraction of sp³-hybridized carbons (Fsp3) is 0.500. The smallest absolute Gasteiger partial charge is 0.408 e. The number of piperazine rings is 1. The highest BCUT2D eigenvalue weighted by molar-refractivity contribution is 7.89. The Kier molecular flexibility index (Phi) is 3.73. The van der Waals surface area contributed by atoms with Crippen LogP contribution in [-0.4, -0.2) is 54.3 Å². The SMILES string of the molecule is Cn1c(=O)oc2ccc(S(=O)(=O)N3CCN(C(=O)C4CC4)CC3)cc21. The van der Waals surface area contributed by atoms with E-state index in [2.05, 4.69) is 0 Å². The molecule has 134 valence electrons. The molecular weight excluding hydrogens is 346 g/mol. The monoisotopic (exact) mass is 365 g/mol. The van der Waals surface area contributed by atoms with Crippen LogP contribution in [0.1, 0.15) is 12.8 Å². The lowest BCUT2D eigenvalue weighted by Crippen LogP contribution is -2.50. The zero-order valence-corrected chi connectivity index (χ0v) is 14.7. The number of rotatable bonds is 3. The molecule has 0 spiro atoms. The van der Waals surface area contributed by atoms with Gasteiger partial charge < -0.3 is 9.32 Å². The maximum atomic E-state index is 12.9. The van der Waals surface area contributed by atoms with Crippen molar-refractivity contribution in [3.05, 3.63) is 28.7 Å². The first-order valence-corrected chi connectivity index (χ1v) is 9.70. The Morgan fingerprint density at radius 2 is 1.84 bits per heavy atom. The first-order valence-electron chi connectivity index (χ1n) is 8.26. The van der Waals surface area contributed by atoms with Crippen LogP contribution in [0, 0.1) is 5.92 Å². The summed E-state index contributed by atoms with van der Waals surface area (Å²) in [6.07, 6.45) is 1.89. The van der Waals surface area contributed by atoms with Crippen molar-refractivity contribution in [2.24, 2.45) is 13.0 Å². The minimum atomic E-state index is -3.68. The van der Waals surface area contributed by atoms with Gasteiger partial charge in [-0.2, -0.15) is 4.31 Å². The molecule has 2 aliphatic rings. The summed E-state index contributed by atoms with van der Waals surface area (Å²) in [6.45, 7) is 1.40. The molecule has 0 N–H and O–H groups in total. The predicted molar refractivity (Wildman–Crippen MR) is 89.5 cm³/mol. The first-order chi connectivity index (χ1) is 11.9. The molecule has 0 unspecified atom stereocenters. The van der Waals surface area contributed by atoms with E-state index < -0.39 is 15.8 Å². The predicted octanol–water partition coefficient (Wildman–Crippen LogP) is 0.374. The molecule has 8 nitrogen and oxygen atoms in total. The molecule has 2 aromatic rings. The number of sulfonamides is 1. The van der Waals surface area contributed by atoms with Gasteiger partial charge in [0.2, 0.25) is 15.9 Å². The summed E-state index contributed by atoms with van der Waals surface area (Å²) in [5.74, 6) is -0.239. The summed E-state index contributed by atoms with van der Waals surface area (Å²) < 4.78 is 33.5. The highest BCUT2D eigenvalue weighted by Gasteiger charge is 2.36. The van der Waals surface area contributed by atoms with Gasteiger partial charge in [-0.15, -0.1) is 0 Å². The summed E-state index contributed by atoms with van der Waals surface area (Å²) >= 11 is 0. The molecule has 1 saturated heterocycles. The van der Waals surface area contributed by atoms with Crippen LogP contribution >= 0.6 is 0 Å². The largest absolute Gasteiger partial charge is 0.419 e. The fourth-order valence-electron chi connectivity index (χ4n) is 3.15. The van der Waals surface area contributed by atoms with Crippen LogP contribution < -0.4 is 5.76 Å². The normalized spacial score (nSPS) is 19.5. The van der Waals surface area contributed by atoms with E-state index in [1.54, 1.807) is 4.90 Å². The second-order valence-corrected chi connectivity index (χ2v) is 8.50. The molecule has 1 aromatic heterocycles. The molecule has 9 heteroatoms. The van der Waals surface area contributed by atoms with E-state index in [4.69, 9.17) is 4.42 Å². The molecule has 0 bridgehead atoms. The molecule has 2 heterocycles. The van der Waals surface area contributed by atoms with Gasteiger partial charge in [0.15, 0.2) is 5.58 Å². The van der Waals surface area contributed by atoms with Crippen molar-refractivity contribution in [2.45, 2.75) is 17.7 Å².